The molecule has 2 spiro atoms. The van der Waals surface area contributed by atoms with Crippen molar-refractivity contribution >= 4 is 17.9 Å². The molecule has 5 N–H and O–H groups in total. The number of nitrogens with zero attached hydrogens (tertiary/aromatic N) is 1. The number of benzene rings is 2. The fourth-order valence-corrected chi connectivity index (χ4v) is 11.7. The number of ether oxygens (including phenoxy) is 2. The van der Waals surface area contributed by atoms with E-state index in [0.717, 1.165) is 79.8 Å². The van der Waals surface area contributed by atoms with Crippen molar-refractivity contribution < 1.29 is 44.3 Å². The summed E-state index contributed by atoms with van der Waals surface area (Å²) in [4.78, 5) is 37.2. The average Bonchev–Trinajstić information content (AvgIpc) is 4.05. The Morgan fingerprint density at radius 1 is 0.784 bits per heavy atom. The van der Waals surface area contributed by atoms with Gasteiger partial charge in [-0.05, 0) is 106 Å². The van der Waals surface area contributed by atoms with Crippen LogP contribution >= 0.6 is 0 Å². The highest BCUT2D eigenvalue weighted by Gasteiger charge is 2.74. The Balaban J connectivity index is 0.000000114. The zero-order chi connectivity index (χ0) is 35.1. The van der Waals surface area contributed by atoms with Gasteiger partial charge in [-0.2, -0.15) is 0 Å². The number of rotatable bonds is 3. The highest BCUT2D eigenvalue weighted by atomic mass is 16.5. The van der Waals surface area contributed by atoms with E-state index < -0.39 is 34.2 Å². The third-order valence-electron chi connectivity index (χ3n) is 14.5. The number of ketones is 2. The van der Waals surface area contributed by atoms with Crippen LogP contribution in [-0.4, -0.2) is 98.3 Å². The maximum atomic E-state index is 12.7. The van der Waals surface area contributed by atoms with E-state index in [2.05, 4.69) is 10.2 Å². The molecule has 0 radical (unpaired) electrons. The van der Waals surface area contributed by atoms with E-state index in [1.807, 2.05) is 12.1 Å². The van der Waals surface area contributed by atoms with Crippen molar-refractivity contribution in [2.45, 2.75) is 123 Å². The number of hydrogen-bond donors (Lipinski definition) is 5. The molecule has 270 valence electrons. The highest BCUT2D eigenvalue weighted by molar-refractivity contribution is 5.91. The summed E-state index contributed by atoms with van der Waals surface area (Å²) in [7, 11) is 0. The molecular formula is C40H46N2O9. The summed E-state index contributed by atoms with van der Waals surface area (Å²) in [5, 5.41) is 47.3. The number of likely N-dealkylation sites (tertiary alicyclic amines) is 1. The fraction of sp³-hybridized carbons (Fsp3) is 0.625. The molecule has 2 aromatic carbocycles. The molecule has 2 aromatic rings. The minimum Gasteiger partial charge on any atom is -0.504 e. The third-order valence-corrected chi connectivity index (χ3v) is 14.5. The number of nitrogens with one attached hydrogen (secondary N) is 1. The van der Waals surface area contributed by atoms with Gasteiger partial charge in [0.25, 0.3) is 0 Å². The van der Waals surface area contributed by atoms with E-state index >= 15 is 0 Å². The lowest BCUT2D eigenvalue weighted by Crippen LogP contribution is -2.76. The predicted octanol–water partition coefficient (Wildman–Crippen LogP) is 2.52. The Hall–Kier alpha value is -3.51. The highest BCUT2D eigenvalue weighted by Crippen LogP contribution is 2.66. The van der Waals surface area contributed by atoms with Crippen molar-refractivity contribution in [1.29, 1.82) is 0 Å². The van der Waals surface area contributed by atoms with Crippen LogP contribution in [0.5, 0.6) is 23.0 Å². The second-order valence-electron chi connectivity index (χ2n) is 17.0. The lowest BCUT2D eigenvalue weighted by Gasteiger charge is -2.62. The number of aldehydes is 1. The first-order chi connectivity index (χ1) is 24.6. The van der Waals surface area contributed by atoms with Gasteiger partial charge in [0, 0.05) is 48.5 Å². The first kappa shape index (κ1) is 32.2. The van der Waals surface area contributed by atoms with E-state index in [9.17, 15) is 34.8 Å². The van der Waals surface area contributed by atoms with Crippen LogP contribution in [0.1, 0.15) is 86.5 Å². The molecule has 51 heavy (non-hydrogen) atoms. The lowest BCUT2D eigenvalue weighted by molar-refractivity contribution is -0.188. The molecule has 2 saturated heterocycles. The van der Waals surface area contributed by atoms with E-state index in [0.29, 0.717) is 55.9 Å². The summed E-state index contributed by atoms with van der Waals surface area (Å²) >= 11 is 0. The number of phenols is 2. The fourth-order valence-electron chi connectivity index (χ4n) is 11.7. The van der Waals surface area contributed by atoms with Gasteiger partial charge in [0.1, 0.15) is 6.29 Å². The second-order valence-corrected chi connectivity index (χ2v) is 17.0. The number of piperidine rings is 2. The van der Waals surface area contributed by atoms with Crippen molar-refractivity contribution in [3.63, 3.8) is 0 Å². The van der Waals surface area contributed by atoms with Gasteiger partial charge in [0.2, 0.25) is 0 Å². The summed E-state index contributed by atoms with van der Waals surface area (Å²) < 4.78 is 11.9. The van der Waals surface area contributed by atoms with E-state index in [-0.39, 0.29) is 35.1 Å². The van der Waals surface area contributed by atoms with Gasteiger partial charge in [0.15, 0.2) is 46.8 Å². The molecule has 4 bridgehead atoms. The van der Waals surface area contributed by atoms with Crippen molar-refractivity contribution in [2.24, 2.45) is 11.8 Å². The van der Waals surface area contributed by atoms with Crippen LogP contribution in [0.25, 0.3) is 0 Å². The third kappa shape index (κ3) is 4.12. The Morgan fingerprint density at radius 2 is 1.37 bits per heavy atom. The SMILES string of the molecule is O=C1CC[C@@]2(O)[C@H]3Cc4ccc(O)c5c4[C@@]2(CCN3)[C@H]1O5.O=C1CC[C@@]2(O)[C@H]3Cc4ccc(O)c5c4[C@@]2(CCN3CC2CC2)[C@H]1O5.O=CC1CC1. The normalized spacial score (nSPS) is 40.0. The molecule has 11 nitrogen and oxygen atoms in total. The standard InChI is InChI=1S/C20H23NO4.C16H17NO4.C4H6O/c22-13-4-3-12-9-15-20(24)6-5-14(23)18-19(20,16(12)17(13)25-18)7-8-21(15)10-11-1-2-11;18-9-2-1-8-7-11-16(20)4-3-10(19)14-15(16,5-6-17-11)12(8)13(9)21-14;5-3-4-1-2-4/h3-4,11,15,18,22,24H,1-2,5-10H2;1-2,11,14,17-18,20H,3-7H2;3-4H,1-2H2/t15-,18+,19+,20-;11-,14+,15+,16-;/m11./s1. The molecule has 0 aromatic heterocycles. The molecule has 0 unspecified atom stereocenters. The van der Waals surface area contributed by atoms with Gasteiger partial charge in [-0.15, -0.1) is 0 Å². The minimum atomic E-state index is -0.962. The zero-order valence-electron chi connectivity index (χ0n) is 28.7. The Labute approximate surface area is 296 Å². The molecule has 6 aliphatic carbocycles. The van der Waals surface area contributed by atoms with Gasteiger partial charge in [0.05, 0.1) is 22.0 Å². The number of carbonyl (C=O) groups is 3. The first-order valence-corrected chi connectivity index (χ1v) is 19.0. The molecule has 0 amide bonds. The summed E-state index contributed by atoms with van der Waals surface area (Å²) in [5.74, 6) is 2.38. The monoisotopic (exact) mass is 698 g/mol. The van der Waals surface area contributed by atoms with Gasteiger partial charge >= 0.3 is 0 Å². The number of aliphatic hydroxyl groups is 2. The zero-order valence-corrected chi connectivity index (χ0v) is 28.7. The summed E-state index contributed by atoms with van der Waals surface area (Å²) in [5.41, 5.74) is 0.785. The number of hydrogen-bond acceptors (Lipinski definition) is 11. The lowest BCUT2D eigenvalue weighted by atomic mass is 9.49. The maximum Gasteiger partial charge on any atom is 0.174 e. The van der Waals surface area contributed by atoms with Crippen molar-refractivity contribution in [3.05, 3.63) is 46.5 Å². The van der Waals surface area contributed by atoms with Crippen LogP contribution in [0, 0.1) is 11.8 Å². The molecule has 12 rings (SSSR count). The van der Waals surface area contributed by atoms with Crippen LogP contribution in [0.4, 0.5) is 0 Å². The van der Waals surface area contributed by atoms with Crippen molar-refractivity contribution in [3.8, 4) is 23.0 Å². The minimum absolute atomic E-state index is 0.0452. The summed E-state index contributed by atoms with van der Waals surface area (Å²) in [6, 6.07) is 7.18. The number of carbonyl (C=O) groups excluding carboxylic acids is 3. The molecule has 4 heterocycles. The van der Waals surface area contributed by atoms with E-state index in [4.69, 9.17) is 9.47 Å². The molecule has 6 fully saturated rings. The first-order valence-electron chi connectivity index (χ1n) is 19.0. The van der Waals surface area contributed by atoms with Crippen molar-refractivity contribution in [1.82, 2.24) is 10.2 Å². The molecule has 10 aliphatic rings. The van der Waals surface area contributed by atoms with E-state index in [1.165, 1.54) is 12.8 Å². The van der Waals surface area contributed by atoms with Crippen molar-refractivity contribution in [2.75, 3.05) is 19.6 Å². The predicted molar refractivity (Wildman–Crippen MR) is 182 cm³/mol. The van der Waals surface area contributed by atoms with Gasteiger partial charge < -0.3 is 40.0 Å². The van der Waals surface area contributed by atoms with Crippen LogP contribution in [-0.2, 0) is 38.1 Å². The second kappa shape index (κ2) is 10.8. The van der Waals surface area contributed by atoms with E-state index in [1.54, 1.807) is 12.1 Å². The van der Waals surface area contributed by atoms with Gasteiger partial charge in [-0.1, -0.05) is 12.1 Å². The number of aromatic hydroxyl groups is 2. The quantitative estimate of drug-likeness (QED) is 0.299. The molecule has 8 atom stereocenters. The Bertz CT molecular complexity index is 1870. The summed E-state index contributed by atoms with van der Waals surface area (Å²) in [6.45, 7) is 2.71. The largest absolute Gasteiger partial charge is 0.504 e. The average molecular weight is 699 g/mol. The Morgan fingerprint density at radius 3 is 1.94 bits per heavy atom. The topological polar surface area (TPSA) is 166 Å². The number of phenolic OH excluding ortho intramolecular Hbond substituents is 2. The molecule has 4 aliphatic heterocycles. The van der Waals surface area contributed by atoms with Crippen LogP contribution < -0.4 is 14.8 Å². The van der Waals surface area contributed by atoms with Gasteiger partial charge in [-0.3, -0.25) is 14.5 Å². The maximum absolute atomic E-state index is 12.7. The van der Waals surface area contributed by atoms with Crippen LogP contribution in [0.15, 0.2) is 24.3 Å². The molecule has 11 heteroatoms. The van der Waals surface area contributed by atoms with Gasteiger partial charge in [-0.25, -0.2) is 0 Å². The Kier molecular flexibility index (Phi) is 6.80. The molecular weight excluding hydrogens is 652 g/mol. The van der Waals surface area contributed by atoms with Crippen LogP contribution in [0.2, 0.25) is 0 Å². The smallest absolute Gasteiger partial charge is 0.174 e. The number of Topliss-reactive ketones (excluding diaryl/α,β-unsaturated/α-hetero) is 2. The van der Waals surface area contributed by atoms with Crippen LogP contribution in [0.3, 0.4) is 0 Å². The summed E-state index contributed by atoms with van der Waals surface area (Å²) in [6.07, 6.45) is 9.18. The molecule has 4 saturated carbocycles.